The first-order valence-electron chi connectivity index (χ1n) is 2.04. The van der Waals surface area contributed by atoms with E-state index >= 15 is 0 Å². The Morgan fingerprint density at radius 1 is 1.71 bits per heavy atom. The first-order valence-corrected chi connectivity index (χ1v) is 3.45. The highest BCUT2D eigenvalue weighted by atomic mass is 28.1. The molecule has 0 aliphatic rings. The Labute approximate surface area is 47.6 Å². The average molecular weight is 117 g/mol. The van der Waals surface area contributed by atoms with Crippen molar-refractivity contribution in [2.45, 2.75) is 6.04 Å². The number of hydrogen-bond acceptors (Lipinski definition) is 2. The lowest BCUT2D eigenvalue weighted by Gasteiger charge is -1.57. The zero-order chi connectivity index (χ0) is 6.12. The molecule has 0 saturated carbocycles. The van der Waals surface area contributed by atoms with E-state index in [0.29, 0.717) is 0 Å². The number of rotatable bonds is 1. The third-order valence-corrected chi connectivity index (χ3v) is 0.866. The Kier molecular flexibility index (Phi) is 24.0. The molecule has 0 amide bonds. The monoisotopic (exact) mass is 117 g/mol. The summed E-state index contributed by atoms with van der Waals surface area (Å²) in [6.07, 6.45) is 1.94. The molecule has 0 unspecified atom stereocenters. The molecule has 4 heteroatoms. The van der Waals surface area contributed by atoms with Crippen LogP contribution in [0.4, 0.5) is 0 Å². The van der Waals surface area contributed by atoms with E-state index in [0.717, 1.165) is 0 Å². The minimum atomic E-state index is 0. The second-order valence-electron chi connectivity index (χ2n) is 0.812. The molecular formula is C3H10BO2Si. The van der Waals surface area contributed by atoms with Gasteiger partial charge in [0.05, 0.1) is 0 Å². The molecule has 0 aliphatic carbocycles. The molecule has 0 aromatic heterocycles. The molecule has 7 heavy (non-hydrogen) atoms. The van der Waals surface area contributed by atoms with Gasteiger partial charge in [-0.25, -0.2) is 0 Å². The fraction of sp³-hybridized carbons (Fsp3) is 0.333. The van der Waals surface area contributed by atoms with Gasteiger partial charge in [0.1, 0.15) is 0 Å². The number of hydrogen-bond donors (Lipinski definition) is 2. The molecule has 0 bridgehead atoms. The van der Waals surface area contributed by atoms with Crippen LogP contribution in [-0.4, -0.2) is 28.0 Å². The van der Waals surface area contributed by atoms with E-state index in [1.807, 2.05) is 6.08 Å². The van der Waals surface area contributed by atoms with Gasteiger partial charge in [-0.2, -0.15) is 0 Å². The Bertz CT molecular complexity index is 34.1. The first-order chi connectivity index (χ1) is 3.33. The van der Waals surface area contributed by atoms with Gasteiger partial charge in [0, 0.05) is 10.2 Å². The molecule has 2 nitrogen and oxygen atoms in total. The van der Waals surface area contributed by atoms with E-state index in [4.69, 9.17) is 10.0 Å². The summed E-state index contributed by atoms with van der Waals surface area (Å²) in [6, 6.07) is 1.22. The van der Waals surface area contributed by atoms with Crippen molar-refractivity contribution in [3.8, 4) is 0 Å². The summed E-state index contributed by atoms with van der Waals surface area (Å²) < 4.78 is 0. The van der Waals surface area contributed by atoms with Gasteiger partial charge in [-0.3, -0.25) is 0 Å². The van der Waals surface area contributed by atoms with E-state index in [1.54, 1.807) is 0 Å². The van der Waals surface area contributed by atoms with Gasteiger partial charge < -0.3 is 10.0 Å². The van der Waals surface area contributed by atoms with E-state index in [2.05, 4.69) is 6.58 Å². The minimum Gasteiger partial charge on any atom is -0.429 e. The summed E-state index contributed by atoms with van der Waals surface area (Å²) in [5.74, 6) is 0. The topological polar surface area (TPSA) is 40.5 Å². The SMILES string of the molecule is C=CC[SiH3].O[B]O. The van der Waals surface area contributed by atoms with Crippen molar-refractivity contribution in [3.63, 3.8) is 0 Å². The third-order valence-electron chi connectivity index (χ3n) is 0.289. The van der Waals surface area contributed by atoms with Gasteiger partial charge in [-0.05, 0) is 6.04 Å². The lowest BCUT2D eigenvalue weighted by atomic mass is 10.5. The molecule has 0 atom stereocenters. The Morgan fingerprint density at radius 3 is 1.86 bits per heavy atom. The van der Waals surface area contributed by atoms with Crippen LogP contribution < -0.4 is 0 Å². The van der Waals surface area contributed by atoms with Crippen molar-refractivity contribution in [2.75, 3.05) is 0 Å². The van der Waals surface area contributed by atoms with Crippen LogP contribution in [0.5, 0.6) is 0 Å². The molecular weight excluding hydrogens is 107 g/mol. The van der Waals surface area contributed by atoms with Gasteiger partial charge in [-0.1, -0.05) is 6.08 Å². The van der Waals surface area contributed by atoms with Crippen molar-refractivity contribution in [3.05, 3.63) is 12.7 Å². The molecule has 1 radical (unpaired) electrons. The van der Waals surface area contributed by atoms with Gasteiger partial charge in [0.25, 0.3) is 0 Å². The maximum absolute atomic E-state index is 7.00. The molecule has 0 aromatic rings. The smallest absolute Gasteiger partial charge is 0.429 e. The maximum atomic E-state index is 7.00. The van der Waals surface area contributed by atoms with E-state index in [-0.39, 0.29) is 7.69 Å². The summed E-state index contributed by atoms with van der Waals surface area (Å²) >= 11 is 0. The first kappa shape index (κ1) is 10.0. The third kappa shape index (κ3) is 104. The molecule has 0 aromatic carbocycles. The molecule has 0 aliphatic heterocycles. The van der Waals surface area contributed by atoms with Crippen LogP contribution in [0.1, 0.15) is 0 Å². The second kappa shape index (κ2) is 16.8. The van der Waals surface area contributed by atoms with Crippen LogP contribution in [0.2, 0.25) is 6.04 Å². The highest BCUT2D eigenvalue weighted by Gasteiger charge is 1.51. The fourth-order valence-corrected chi connectivity index (χ4v) is 0. The van der Waals surface area contributed by atoms with Crippen LogP contribution >= 0.6 is 0 Å². The van der Waals surface area contributed by atoms with Crippen molar-refractivity contribution in [2.24, 2.45) is 0 Å². The molecule has 41 valence electrons. The van der Waals surface area contributed by atoms with Crippen LogP contribution in [-0.2, 0) is 0 Å². The van der Waals surface area contributed by atoms with Crippen LogP contribution in [0.25, 0.3) is 0 Å². The van der Waals surface area contributed by atoms with Gasteiger partial charge in [0.15, 0.2) is 0 Å². The Balaban J connectivity index is 0. The van der Waals surface area contributed by atoms with Gasteiger partial charge in [-0.15, -0.1) is 6.58 Å². The van der Waals surface area contributed by atoms with Crippen LogP contribution in [0.3, 0.4) is 0 Å². The highest BCUT2D eigenvalue weighted by Crippen LogP contribution is 1.61. The average Bonchev–Trinajstić information content (AvgIpc) is 1.69. The Morgan fingerprint density at radius 2 is 1.86 bits per heavy atom. The second-order valence-corrected chi connectivity index (χ2v) is 1.63. The van der Waals surface area contributed by atoms with E-state index < -0.39 is 0 Å². The summed E-state index contributed by atoms with van der Waals surface area (Å²) in [5.41, 5.74) is 0. The molecule has 2 N–H and O–H groups in total. The van der Waals surface area contributed by atoms with E-state index in [9.17, 15) is 0 Å². The Hall–Kier alpha value is -0.0582. The van der Waals surface area contributed by atoms with Gasteiger partial charge >= 0.3 is 7.69 Å². The summed E-state index contributed by atoms with van der Waals surface area (Å²) in [7, 11) is 1.27. The van der Waals surface area contributed by atoms with Crippen molar-refractivity contribution >= 4 is 17.9 Å². The molecule has 0 heterocycles. The normalized spacial score (nSPS) is 6.00. The fourth-order valence-electron chi connectivity index (χ4n) is 0. The maximum Gasteiger partial charge on any atom is 0.482 e. The predicted octanol–water partition coefficient (Wildman–Crippen LogP) is -1.54. The van der Waals surface area contributed by atoms with Gasteiger partial charge in [0.2, 0.25) is 0 Å². The molecule has 0 spiro atoms. The molecule has 0 fully saturated rings. The van der Waals surface area contributed by atoms with Crippen LogP contribution in [0.15, 0.2) is 12.7 Å². The van der Waals surface area contributed by atoms with Crippen molar-refractivity contribution in [1.82, 2.24) is 0 Å². The highest BCUT2D eigenvalue weighted by molar-refractivity contribution is 6.13. The van der Waals surface area contributed by atoms with Crippen molar-refractivity contribution in [1.29, 1.82) is 0 Å². The van der Waals surface area contributed by atoms with Crippen molar-refractivity contribution < 1.29 is 10.0 Å². The van der Waals surface area contributed by atoms with Crippen LogP contribution in [0, 0.1) is 0 Å². The zero-order valence-electron chi connectivity index (χ0n) is 4.46. The zero-order valence-corrected chi connectivity index (χ0v) is 6.46. The molecule has 0 saturated heterocycles. The summed E-state index contributed by atoms with van der Waals surface area (Å²) in [5, 5.41) is 14.0. The number of allylic oxidation sites excluding steroid dienone is 1. The molecule has 0 rings (SSSR count). The van der Waals surface area contributed by atoms with E-state index in [1.165, 1.54) is 16.3 Å². The lowest BCUT2D eigenvalue weighted by Crippen LogP contribution is -1.75. The minimum absolute atomic E-state index is 0. The summed E-state index contributed by atoms with van der Waals surface area (Å²) in [6.45, 7) is 3.51. The summed E-state index contributed by atoms with van der Waals surface area (Å²) in [4.78, 5) is 0. The lowest BCUT2D eigenvalue weighted by molar-refractivity contribution is 0.448. The quantitative estimate of drug-likeness (QED) is 0.323. The standard InChI is InChI=1S/C3H8Si.BH2O2/c1-2-3-4;2-1-3/h2H,1,3H2,4H3;2-3H. The largest absolute Gasteiger partial charge is 0.482 e. The predicted molar refractivity (Wildman–Crippen MR) is 35.1 cm³/mol.